The molecule has 0 aliphatic carbocycles. The molecule has 10 aromatic rings. The van der Waals surface area contributed by atoms with Gasteiger partial charge in [0.1, 0.15) is 5.82 Å². The van der Waals surface area contributed by atoms with Gasteiger partial charge in [0.25, 0.3) is 0 Å². The fourth-order valence-corrected chi connectivity index (χ4v) is 9.30. The van der Waals surface area contributed by atoms with Crippen LogP contribution in [0.5, 0.6) is 0 Å². The molecule has 5 heterocycles. The van der Waals surface area contributed by atoms with Gasteiger partial charge in [0.2, 0.25) is 0 Å². The first-order valence-electron chi connectivity index (χ1n) is 14.3. The van der Waals surface area contributed by atoms with E-state index in [-0.39, 0.29) is 0 Å². The summed E-state index contributed by atoms with van der Waals surface area (Å²) < 4.78 is 7.70. The third-order valence-electron chi connectivity index (χ3n) is 8.58. The molecule has 0 fully saturated rings. The van der Waals surface area contributed by atoms with Crippen molar-refractivity contribution < 1.29 is 0 Å². The predicted molar refractivity (Wildman–Crippen MR) is 185 cm³/mol. The molecule has 0 aliphatic rings. The van der Waals surface area contributed by atoms with Gasteiger partial charge in [0.05, 0.1) is 41.9 Å². The number of aromatic nitrogens is 3. The maximum Gasteiger partial charge on any atom is 0.138 e. The number of benzene rings is 5. The lowest BCUT2D eigenvalue weighted by molar-refractivity contribution is 1.11. The number of thiophene rings is 2. The average Bonchev–Trinajstić information content (AvgIpc) is 3.71. The van der Waals surface area contributed by atoms with E-state index in [2.05, 4.69) is 132 Å². The van der Waals surface area contributed by atoms with Gasteiger partial charge < -0.3 is 0 Å². The highest BCUT2D eigenvalue weighted by atomic mass is 32.1. The fourth-order valence-electron chi connectivity index (χ4n) is 6.53. The summed E-state index contributed by atoms with van der Waals surface area (Å²) in [5, 5.41) is 7.23. The van der Waals surface area contributed by atoms with E-state index in [9.17, 15) is 0 Å². The average molecular weight is 584 g/mol. The van der Waals surface area contributed by atoms with Gasteiger partial charge in [-0.2, -0.15) is 0 Å². The SMILES string of the molecule is c1ccc2cc(-c3ccc4ccc5ccc(-n6c7ccccc7c7sc8c9ccccc9sc8c76)nc5c4n3)ccc2c1. The maximum absolute atomic E-state index is 5.38. The molecule has 0 amide bonds. The topological polar surface area (TPSA) is 30.7 Å². The molecule has 0 N–H and O–H groups in total. The minimum absolute atomic E-state index is 0.918. The lowest BCUT2D eigenvalue weighted by Crippen LogP contribution is -1.98. The van der Waals surface area contributed by atoms with Crippen molar-refractivity contribution in [2.75, 3.05) is 0 Å². The van der Waals surface area contributed by atoms with Crippen LogP contribution >= 0.6 is 22.7 Å². The summed E-state index contributed by atoms with van der Waals surface area (Å²) in [7, 11) is 0. The van der Waals surface area contributed by atoms with E-state index >= 15 is 0 Å². The summed E-state index contributed by atoms with van der Waals surface area (Å²) in [6.45, 7) is 0. The molecular weight excluding hydrogens is 563 g/mol. The van der Waals surface area contributed by atoms with Crippen LogP contribution in [0.4, 0.5) is 0 Å². The van der Waals surface area contributed by atoms with Crippen molar-refractivity contribution in [3.05, 3.63) is 127 Å². The Morgan fingerprint density at radius 1 is 0.488 bits per heavy atom. The molecule has 43 heavy (non-hydrogen) atoms. The molecule has 3 nitrogen and oxygen atoms in total. The van der Waals surface area contributed by atoms with Gasteiger partial charge in [-0.3, -0.25) is 4.57 Å². The van der Waals surface area contributed by atoms with Crippen LogP contribution in [0.25, 0.3) is 90.3 Å². The van der Waals surface area contributed by atoms with Crippen molar-refractivity contribution in [1.29, 1.82) is 0 Å². The minimum Gasteiger partial charge on any atom is -0.291 e. The quantitative estimate of drug-likeness (QED) is 0.190. The Balaban J connectivity index is 1.25. The van der Waals surface area contributed by atoms with Crippen molar-refractivity contribution in [3.63, 3.8) is 0 Å². The molecule has 5 aromatic carbocycles. The van der Waals surface area contributed by atoms with Gasteiger partial charge in [0, 0.05) is 31.8 Å². The van der Waals surface area contributed by atoms with E-state index in [1.807, 2.05) is 22.7 Å². The molecule has 0 atom stereocenters. The number of hydrogen-bond acceptors (Lipinski definition) is 4. The second kappa shape index (κ2) is 8.71. The van der Waals surface area contributed by atoms with Crippen molar-refractivity contribution in [2.24, 2.45) is 0 Å². The zero-order valence-corrected chi connectivity index (χ0v) is 24.4. The summed E-state index contributed by atoms with van der Waals surface area (Å²) in [5.41, 5.74) is 6.34. The Labute approximate surface area is 253 Å². The largest absolute Gasteiger partial charge is 0.291 e. The summed E-state index contributed by atoms with van der Waals surface area (Å²) in [6, 6.07) is 45.4. The molecule has 0 saturated carbocycles. The monoisotopic (exact) mass is 583 g/mol. The van der Waals surface area contributed by atoms with E-state index in [0.717, 1.165) is 38.9 Å². The van der Waals surface area contributed by atoms with E-state index in [0.29, 0.717) is 0 Å². The van der Waals surface area contributed by atoms with Gasteiger partial charge in [-0.25, -0.2) is 9.97 Å². The Kier molecular flexibility index (Phi) is 4.75. The number of fused-ring (bicyclic) bond motifs is 11. The number of rotatable bonds is 2. The number of hydrogen-bond donors (Lipinski definition) is 0. The van der Waals surface area contributed by atoms with Crippen LogP contribution in [0, 0.1) is 0 Å². The standard InChI is InChI=1S/C38H21N3S2/c1-2-8-25-21-26(16-13-22(25)7-1)29-19-17-23-14-15-24-18-20-32(40-34(24)33(23)39-29)41-30-11-5-3-9-27(30)36-35(41)38-37(43-36)28-10-4-6-12-31(28)42-38/h1-21H. The number of pyridine rings is 2. The highest BCUT2D eigenvalue weighted by Crippen LogP contribution is 2.48. The molecule has 0 saturated heterocycles. The van der Waals surface area contributed by atoms with Crippen LogP contribution in [0.2, 0.25) is 0 Å². The zero-order chi connectivity index (χ0) is 28.1. The van der Waals surface area contributed by atoms with Gasteiger partial charge in [-0.1, -0.05) is 91.0 Å². The zero-order valence-electron chi connectivity index (χ0n) is 22.8. The molecule has 200 valence electrons. The highest BCUT2D eigenvalue weighted by Gasteiger charge is 2.21. The number of para-hydroxylation sites is 1. The van der Waals surface area contributed by atoms with Gasteiger partial charge in [0.15, 0.2) is 0 Å². The Bertz CT molecular complexity index is 2750. The summed E-state index contributed by atoms with van der Waals surface area (Å²) in [4.78, 5) is 10.6. The Morgan fingerprint density at radius 3 is 2.09 bits per heavy atom. The van der Waals surface area contributed by atoms with Crippen LogP contribution in [0.3, 0.4) is 0 Å². The van der Waals surface area contributed by atoms with Crippen molar-refractivity contribution in [3.8, 4) is 17.1 Å². The highest BCUT2D eigenvalue weighted by molar-refractivity contribution is 7.37. The maximum atomic E-state index is 5.38. The smallest absolute Gasteiger partial charge is 0.138 e. The fraction of sp³-hybridized carbons (Fsp3) is 0. The summed E-state index contributed by atoms with van der Waals surface area (Å²) >= 11 is 3.78. The Hall–Kier alpha value is -5.10. The molecule has 0 radical (unpaired) electrons. The van der Waals surface area contributed by atoms with Crippen LogP contribution < -0.4 is 0 Å². The van der Waals surface area contributed by atoms with Gasteiger partial charge in [-0.15, -0.1) is 22.7 Å². The van der Waals surface area contributed by atoms with E-state index in [1.54, 1.807) is 0 Å². The normalized spacial score (nSPS) is 12.2. The van der Waals surface area contributed by atoms with E-state index in [1.165, 1.54) is 51.4 Å². The third-order valence-corrected chi connectivity index (χ3v) is 11.1. The van der Waals surface area contributed by atoms with Gasteiger partial charge in [-0.05, 0) is 47.2 Å². The molecule has 5 aromatic heterocycles. The van der Waals surface area contributed by atoms with E-state index < -0.39 is 0 Å². The molecule has 0 aliphatic heterocycles. The first-order valence-corrected chi connectivity index (χ1v) is 16.0. The lowest BCUT2D eigenvalue weighted by Gasteiger charge is -2.10. The van der Waals surface area contributed by atoms with Gasteiger partial charge >= 0.3 is 0 Å². The first kappa shape index (κ1) is 23.5. The van der Waals surface area contributed by atoms with Crippen LogP contribution in [-0.2, 0) is 0 Å². The second-order valence-corrected chi connectivity index (χ2v) is 13.1. The Morgan fingerprint density at radius 2 is 1.19 bits per heavy atom. The van der Waals surface area contributed by atoms with Crippen molar-refractivity contribution in [2.45, 2.75) is 0 Å². The molecule has 5 heteroatoms. The predicted octanol–water partition coefficient (Wildman–Crippen LogP) is 11.1. The van der Waals surface area contributed by atoms with Crippen LogP contribution in [-0.4, -0.2) is 14.5 Å². The van der Waals surface area contributed by atoms with Crippen LogP contribution in [0.1, 0.15) is 0 Å². The summed E-state index contributed by atoms with van der Waals surface area (Å²) in [5.74, 6) is 0.918. The third kappa shape index (κ3) is 3.35. The van der Waals surface area contributed by atoms with Crippen molar-refractivity contribution in [1.82, 2.24) is 14.5 Å². The molecule has 0 spiro atoms. The number of nitrogens with zero attached hydrogens (tertiary/aromatic N) is 3. The minimum atomic E-state index is 0.918. The van der Waals surface area contributed by atoms with E-state index in [4.69, 9.17) is 9.97 Å². The molecule has 10 rings (SSSR count). The second-order valence-electron chi connectivity index (χ2n) is 11.0. The van der Waals surface area contributed by atoms with Crippen LogP contribution in [0.15, 0.2) is 127 Å². The van der Waals surface area contributed by atoms with Crippen molar-refractivity contribution >= 4 is 95.9 Å². The first-order chi connectivity index (χ1) is 21.3. The lowest BCUT2D eigenvalue weighted by atomic mass is 10.0. The summed E-state index contributed by atoms with van der Waals surface area (Å²) in [6.07, 6.45) is 0. The molecule has 0 unspecified atom stereocenters. The molecule has 0 bridgehead atoms. The molecular formula is C38H21N3S2.